The van der Waals surface area contributed by atoms with Gasteiger partial charge in [-0.2, -0.15) is 13.2 Å². The van der Waals surface area contributed by atoms with Gasteiger partial charge >= 0.3 is 6.18 Å². The van der Waals surface area contributed by atoms with Crippen LogP contribution in [0.2, 0.25) is 0 Å². The van der Waals surface area contributed by atoms with Gasteiger partial charge in [0, 0.05) is 19.3 Å². The molecule has 0 bridgehead atoms. The van der Waals surface area contributed by atoms with Gasteiger partial charge in [-0.05, 0) is 23.8 Å². The van der Waals surface area contributed by atoms with E-state index in [2.05, 4.69) is 21.3 Å². The Morgan fingerprint density at radius 1 is 1.33 bits per heavy atom. The summed E-state index contributed by atoms with van der Waals surface area (Å²) in [5.41, 5.74) is -0.301. The maximum absolute atomic E-state index is 12.7. The zero-order chi connectivity index (χ0) is 21.9. The first kappa shape index (κ1) is 22.0. The lowest BCUT2D eigenvalue weighted by molar-refractivity contribution is -0.137. The van der Waals surface area contributed by atoms with Gasteiger partial charge in [-0.1, -0.05) is 18.7 Å². The molecule has 2 N–H and O–H groups in total. The van der Waals surface area contributed by atoms with Crippen molar-refractivity contribution in [3.05, 3.63) is 60.6 Å². The van der Waals surface area contributed by atoms with E-state index in [0.29, 0.717) is 5.56 Å². The average Bonchev–Trinajstić information content (AvgIpc) is 3.36. The number of rotatable bonds is 7. The number of nitrogens with one attached hydrogen (secondary N) is 2. The van der Waals surface area contributed by atoms with E-state index in [1.165, 1.54) is 29.6 Å². The molecule has 2 atom stereocenters. The molecule has 0 unspecified atom stereocenters. The highest BCUT2D eigenvalue weighted by molar-refractivity contribution is 7.89. The van der Waals surface area contributed by atoms with Crippen LogP contribution >= 0.6 is 0 Å². The molecule has 0 radical (unpaired) electrons. The van der Waals surface area contributed by atoms with E-state index in [0.717, 1.165) is 18.2 Å². The number of nitrogens with zero attached hydrogens (tertiary/aromatic N) is 2. The van der Waals surface area contributed by atoms with Crippen LogP contribution in [0.5, 0.6) is 0 Å². The molecule has 1 amide bonds. The van der Waals surface area contributed by atoms with Gasteiger partial charge in [0.25, 0.3) is 10.0 Å². The van der Waals surface area contributed by atoms with Crippen molar-refractivity contribution in [2.45, 2.75) is 30.0 Å². The molecule has 1 aromatic carbocycles. The average molecular weight is 444 g/mol. The summed E-state index contributed by atoms with van der Waals surface area (Å²) in [5, 5.41) is -0.211. The summed E-state index contributed by atoms with van der Waals surface area (Å²) in [4.78, 5) is 19.6. The Bertz CT molecular complexity index is 991. The second kappa shape index (κ2) is 8.58. The quantitative estimate of drug-likeness (QED) is 0.633. The first-order valence-electron chi connectivity index (χ1n) is 8.80. The molecule has 3 rings (SSSR count). The van der Waals surface area contributed by atoms with Gasteiger partial charge in [-0.3, -0.25) is 4.79 Å². The summed E-state index contributed by atoms with van der Waals surface area (Å²) in [6.07, 6.45) is -1.62. The Morgan fingerprint density at radius 3 is 2.60 bits per heavy atom. The highest BCUT2D eigenvalue weighted by atomic mass is 32.2. The summed E-state index contributed by atoms with van der Waals surface area (Å²) in [7, 11) is -3.96. The Balaban J connectivity index is 1.71. The predicted molar refractivity (Wildman–Crippen MR) is 99.5 cm³/mol. The third-order valence-electron chi connectivity index (χ3n) is 4.55. The number of aromatic nitrogens is 2. The Hall–Kier alpha value is -2.70. The van der Waals surface area contributed by atoms with Crippen LogP contribution in [0, 0.1) is 0 Å². The van der Waals surface area contributed by atoms with Crippen LogP contribution in [-0.4, -0.2) is 54.4 Å². The molecular weight excluding hydrogens is 425 g/mol. The van der Waals surface area contributed by atoms with Crippen molar-refractivity contribution in [1.29, 1.82) is 0 Å². The molecule has 0 spiro atoms. The van der Waals surface area contributed by atoms with Gasteiger partial charge in [0.1, 0.15) is 0 Å². The number of imidazole rings is 1. The number of carbonyl (C=O) groups excluding carboxylic acids is 1. The molecule has 8 nitrogen and oxygen atoms in total. The van der Waals surface area contributed by atoms with Crippen LogP contribution < -0.4 is 4.72 Å². The number of alkyl halides is 3. The van der Waals surface area contributed by atoms with E-state index < -0.39 is 33.9 Å². The number of hydrogen-bond acceptors (Lipinski definition) is 5. The summed E-state index contributed by atoms with van der Waals surface area (Å²) >= 11 is 0. The molecule has 12 heteroatoms. The first-order valence-corrected chi connectivity index (χ1v) is 10.3. The molecule has 1 saturated heterocycles. The van der Waals surface area contributed by atoms with Crippen molar-refractivity contribution in [2.75, 3.05) is 13.1 Å². The lowest BCUT2D eigenvalue weighted by atomic mass is 10.1. The molecule has 1 aromatic heterocycles. The first-order chi connectivity index (χ1) is 14.1. The van der Waals surface area contributed by atoms with Gasteiger partial charge in [-0.15, -0.1) is 0 Å². The monoisotopic (exact) mass is 444 g/mol. The Morgan fingerprint density at radius 2 is 2.03 bits per heavy atom. The number of amides is 1. The summed E-state index contributed by atoms with van der Waals surface area (Å²) in [5.74, 6) is -0.389. The van der Waals surface area contributed by atoms with Gasteiger partial charge < -0.3 is 14.6 Å². The summed E-state index contributed by atoms with van der Waals surface area (Å²) in [6.45, 7) is 3.50. The number of benzene rings is 1. The highest BCUT2D eigenvalue weighted by Gasteiger charge is 2.38. The lowest BCUT2D eigenvalue weighted by Crippen LogP contribution is -2.44. The van der Waals surface area contributed by atoms with Crippen molar-refractivity contribution in [3.8, 4) is 0 Å². The van der Waals surface area contributed by atoms with Crippen LogP contribution in [0.4, 0.5) is 13.2 Å². The van der Waals surface area contributed by atoms with Crippen LogP contribution in [0.15, 0.2) is 54.5 Å². The third kappa shape index (κ3) is 5.07. The maximum Gasteiger partial charge on any atom is 0.416 e. The SMILES string of the molecule is C=CC(=O)N1C[C@@H](NS(=O)(=O)c2c[nH]cn2)[C@H](OCc2ccc(C(F)(F)F)cc2)C1. The third-order valence-corrected chi connectivity index (χ3v) is 5.94. The van der Waals surface area contributed by atoms with Crippen LogP contribution in [0.1, 0.15) is 11.1 Å². The van der Waals surface area contributed by atoms with Gasteiger partial charge in [0.15, 0.2) is 5.03 Å². The number of hydrogen-bond donors (Lipinski definition) is 2. The molecule has 1 aliphatic rings. The second-order valence-electron chi connectivity index (χ2n) is 6.63. The molecule has 30 heavy (non-hydrogen) atoms. The molecule has 2 heterocycles. The van der Waals surface area contributed by atoms with Crippen molar-refractivity contribution >= 4 is 15.9 Å². The van der Waals surface area contributed by atoms with E-state index in [-0.39, 0.29) is 30.6 Å². The smallest absolute Gasteiger partial charge is 0.370 e. The van der Waals surface area contributed by atoms with Gasteiger partial charge in [0.05, 0.1) is 30.6 Å². The largest absolute Gasteiger partial charge is 0.416 e. The van der Waals surface area contributed by atoms with Gasteiger partial charge in [-0.25, -0.2) is 18.1 Å². The minimum absolute atomic E-state index is 0.0478. The fraction of sp³-hybridized carbons (Fsp3) is 0.333. The maximum atomic E-state index is 12.7. The van der Waals surface area contributed by atoms with Crippen molar-refractivity contribution in [3.63, 3.8) is 0 Å². The van der Waals surface area contributed by atoms with Crippen molar-refractivity contribution < 1.29 is 31.1 Å². The van der Waals surface area contributed by atoms with E-state index in [9.17, 15) is 26.4 Å². The van der Waals surface area contributed by atoms with E-state index in [1.807, 2.05) is 0 Å². The predicted octanol–water partition coefficient (Wildman–Crippen LogP) is 1.69. The molecule has 0 saturated carbocycles. The molecule has 2 aromatic rings. The number of carbonyl (C=O) groups is 1. The Kier molecular flexibility index (Phi) is 6.29. The standard InChI is InChI=1S/C18H19F3N4O4S/c1-2-17(26)25-8-14(24-30(27,28)16-7-22-11-23-16)15(9-25)29-10-12-3-5-13(6-4-12)18(19,20)21/h2-7,11,14-15,24H,1,8-10H2,(H,22,23)/t14-,15-/m1/s1. The van der Waals surface area contributed by atoms with Crippen LogP contribution in [0.3, 0.4) is 0 Å². The number of likely N-dealkylation sites (tertiary alicyclic amines) is 1. The summed E-state index contributed by atoms with van der Waals surface area (Å²) < 4.78 is 71.2. The van der Waals surface area contributed by atoms with E-state index in [1.54, 1.807) is 0 Å². The number of H-pyrrole nitrogens is 1. The Labute approximate surface area is 170 Å². The molecule has 1 fully saturated rings. The van der Waals surface area contributed by atoms with Crippen molar-refractivity contribution in [2.24, 2.45) is 0 Å². The molecule has 162 valence electrons. The molecular formula is C18H19F3N4O4S. The number of ether oxygens (including phenoxy) is 1. The van der Waals surface area contributed by atoms with E-state index in [4.69, 9.17) is 4.74 Å². The number of halogens is 3. The molecule has 0 aliphatic carbocycles. The zero-order valence-corrected chi connectivity index (χ0v) is 16.4. The minimum Gasteiger partial charge on any atom is -0.370 e. The normalized spacial score (nSPS) is 19.8. The summed E-state index contributed by atoms with van der Waals surface area (Å²) in [6, 6.07) is 3.68. The fourth-order valence-corrected chi connectivity index (χ4v) is 4.17. The number of aromatic amines is 1. The van der Waals surface area contributed by atoms with E-state index >= 15 is 0 Å². The van der Waals surface area contributed by atoms with Crippen molar-refractivity contribution in [1.82, 2.24) is 19.6 Å². The fourth-order valence-electron chi connectivity index (χ4n) is 3.01. The second-order valence-corrected chi connectivity index (χ2v) is 8.29. The topological polar surface area (TPSA) is 104 Å². The zero-order valence-electron chi connectivity index (χ0n) is 15.6. The minimum atomic E-state index is -4.44. The molecule has 1 aliphatic heterocycles. The number of sulfonamides is 1. The lowest BCUT2D eigenvalue weighted by Gasteiger charge is -2.19. The highest BCUT2D eigenvalue weighted by Crippen LogP contribution is 2.29. The van der Waals surface area contributed by atoms with Gasteiger partial charge in [0.2, 0.25) is 5.91 Å². The van der Waals surface area contributed by atoms with Crippen LogP contribution in [0.25, 0.3) is 0 Å². The van der Waals surface area contributed by atoms with Crippen LogP contribution in [-0.2, 0) is 32.3 Å².